The fraction of sp³-hybridized carbons (Fsp3) is 0.200. The number of nitrogens with zero attached hydrogens (tertiary/aromatic N) is 4. The van der Waals surface area contributed by atoms with Gasteiger partial charge >= 0.3 is 0 Å². The van der Waals surface area contributed by atoms with E-state index in [4.69, 9.17) is 4.52 Å². The van der Waals surface area contributed by atoms with Crippen LogP contribution in [-0.2, 0) is 0 Å². The number of benzene rings is 1. The summed E-state index contributed by atoms with van der Waals surface area (Å²) in [7, 11) is 0. The summed E-state index contributed by atoms with van der Waals surface area (Å²) in [5, 5.41) is 10.8. The van der Waals surface area contributed by atoms with Gasteiger partial charge < -0.3 is 9.84 Å². The average molecular weight is 395 g/mol. The number of pyridine rings is 1. The van der Waals surface area contributed by atoms with Gasteiger partial charge in [-0.1, -0.05) is 17.3 Å². The fourth-order valence-corrected chi connectivity index (χ4v) is 3.14. The number of rotatable bonds is 4. The van der Waals surface area contributed by atoms with Gasteiger partial charge in [0, 0.05) is 11.3 Å². The lowest BCUT2D eigenvalue weighted by atomic mass is 10.1. The fourth-order valence-electron chi connectivity index (χ4n) is 3.14. The first-order chi connectivity index (χ1) is 14.0. The molecule has 3 aromatic heterocycles. The van der Waals surface area contributed by atoms with E-state index in [9.17, 15) is 13.6 Å². The molecule has 4 aromatic rings. The highest BCUT2D eigenvalue weighted by Crippen LogP contribution is 2.43. The van der Waals surface area contributed by atoms with Crippen LogP contribution in [0.3, 0.4) is 0 Å². The first-order valence-corrected chi connectivity index (χ1v) is 9.02. The van der Waals surface area contributed by atoms with Crippen LogP contribution in [0.15, 0.2) is 47.2 Å². The monoisotopic (exact) mass is 395 g/mol. The van der Waals surface area contributed by atoms with Gasteiger partial charge in [-0.2, -0.15) is 10.1 Å². The van der Waals surface area contributed by atoms with E-state index in [0.717, 1.165) is 5.56 Å². The number of halogens is 2. The molecule has 0 unspecified atom stereocenters. The number of alkyl halides is 1. The van der Waals surface area contributed by atoms with Crippen LogP contribution >= 0.6 is 0 Å². The largest absolute Gasteiger partial charge is 0.339 e. The zero-order valence-corrected chi connectivity index (χ0v) is 15.3. The maximum atomic E-state index is 13.3. The van der Waals surface area contributed by atoms with Crippen LogP contribution in [0.5, 0.6) is 0 Å². The molecule has 2 atom stereocenters. The lowest BCUT2D eigenvalue weighted by Crippen LogP contribution is -2.12. The minimum Gasteiger partial charge on any atom is -0.339 e. The quantitative estimate of drug-likeness (QED) is 0.566. The van der Waals surface area contributed by atoms with Gasteiger partial charge in [-0.3, -0.25) is 4.79 Å². The van der Waals surface area contributed by atoms with E-state index in [2.05, 4.69) is 20.6 Å². The molecule has 1 saturated carbocycles. The molecule has 1 aliphatic rings. The Kier molecular flexibility index (Phi) is 3.90. The van der Waals surface area contributed by atoms with Crippen LogP contribution < -0.4 is 5.32 Å². The molecule has 1 fully saturated rings. The van der Waals surface area contributed by atoms with Crippen LogP contribution in [0.2, 0.25) is 0 Å². The molecule has 29 heavy (non-hydrogen) atoms. The van der Waals surface area contributed by atoms with E-state index >= 15 is 0 Å². The molecule has 1 aliphatic carbocycles. The molecule has 0 spiro atoms. The molecule has 0 radical (unpaired) electrons. The first-order valence-electron chi connectivity index (χ1n) is 9.02. The molecule has 1 N–H and O–H groups in total. The second-order valence-electron chi connectivity index (χ2n) is 7.03. The third kappa shape index (κ3) is 3.14. The lowest BCUT2D eigenvalue weighted by molar-refractivity contribution is 0.102. The van der Waals surface area contributed by atoms with Crippen molar-refractivity contribution in [3.63, 3.8) is 0 Å². The number of nitrogens with one attached hydrogen (secondary N) is 1. The van der Waals surface area contributed by atoms with Gasteiger partial charge in [-0.15, -0.1) is 0 Å². The van der Waals surface area contributed by atoms with E-state index in [0.29, 0.717) is 34.6 Å². The Bertz CT molecular complexity index is 1250. The van der Waals surface area contributed by atoms with Crippen LogP contribution in [-0.4, -0.2) is 31.8 Å². The second-order valence-corrected chi connectivity index (χ2v) is 7.03. The second kappa shape index (κ2) is 6.47. The summed E-state index contributed by atoms with van der Waals surface area (Å²) in [6.45, 7) is 1.85. The highest BCUT2D eigenvalue weighted by Gasteiger charge is 2.43. The Balaban J connectivity index is 1.42. The maximum Gasteiger partial charge on any atom is 0.259 e. The third-order valence-corrected chi connectivity index (χ3v) is 4.94. The summed E-state index contributed by atoms with van der Waals surface area (Å²) in [6.07, 6.45) is 2.07. The van der Waals surface area contributed by atoms with Crippen molar-refractivity contribution in [3.05, 3.63) is 65.6 Å². The summed E-state index contributed by atoms with van der Waals surface area (Å²) in [5.41, 5.74) is 2.85. The summed E-state index contributed by atoms with van der Waals surface area (Å²) < 4.78 is 33.0. The minimum atomic E-state index is -0.921. The molecule has 0 bridgehead atoms. The molecule has 0 saturated heterocycles. The summed E-state index contributed by atoms with van der Waals surface area (Å²) in [4.78, 5) is 17.0. The van der Waals surface area contributed by atoms with Gasteiger partial charge in [0.1, 0.15) is 12.0 Å². The van der Waals surface area contributed by atoms with Gasteiger partial charge in [0.2, 0.25) is 11.7 Å². The number of amides is 1. The van der Waals surface area contributed by atoms with E-state index < -0.39 is 12.0 Å². The molecule has 3 heterocycles. The molecular formula is C20H15F2N5O2. The van der Waals surface area contributed by atoms with E-state index in [-0.39, 0.29) is 17.7 Å². The van der Waals surface area contributed by atoms with Crippen molar-refractivity contribution in [2.75, 3.05) is 5.32 Å². The van der Waals surface area contributed by atoms with Crippen LogP contribution in [0, 0.1) is 12.7 Å². The number of carbonyl (C=O) groups is 1. The Morgan fingerprint density at radius 3 is 2.93 bits per heavy atom. The number of aryl methyl sites for hydroxylation is 1. The van der Waals surface area contributed by atoms with Crippen molar-refractivity contribution in [3.8, 4) is 11.4 Å². The van der Waals surface area contributed by atoms with E-state index in [1.54, 1.807) is 12.1 Å². The average Bonchev–Trinajstić information content (AvgIpc) is 3.10. The molecule has 146 valence electrons. The minimum absolute atomic E-state index is 0.289. The molecular weight excluding hydrogens is 380 g/mol. The van der Waals surface area contributed by atoms with Crippen molar-refractivity contribution in [2.24, 2.45) is 0 Å². The number of aromatic nitrogens is 4. The summed E-state index contributed by atoms with van der Waals surface area (Å²) in [6, 6.07) is 8.12. The molecule has 7 nitrogen and oxygen atoms in total. The Morgan fingerprint density at radius 1 is 1.31 bits per heavy atom. The zero-order valence-electron chi connectivity index (χ0n) is 15.3. The maximum absolute atomic E-state index is 13.3. The first kappa shape index (κ1) is 17.5. The van der Waals surface area contributed by atoms with Crippen molar-refractivity contribution < 1.29 is 18.1 Å². The van der Waals surface area contributed by atoms with Gasteiger partial charge in [0.05, 0.1) is 29.4 Å². The van der Waals surface area contributed by atoms with Gasteiger partial charge in [0.25, 0.3) is 5.91 Å². The molecule has 9 heteroatoms. The van der Waals surface area contributed by atoms with Crippen LogP contribution in [0.25, 0.3) is 16.9 Å². The predicted octanol–water partition coefficient (Wildman–Crippen LogP) is 3.91. The molecule has 5 rings (SSSR count). The molecule has 1 amide bonds. The third-order valence-electron chi connectivity index (χ3n) is 4.94. The number of hydrogen-bond donors (Lipinski definition) is 1. The zero-order chi connectivity index (χ0) is 20.1. The smallest absolute Gasteiger partial charge is 0.259 e. The van der Waals surface area contributed by atoms with Gasteiger partial charge in [-0.25, -0.2) is 13.3 Å². The highest BCUT2D eigenvalue weighted by atomic mass is 19.1. The summed E-state index contributed by atoms with van der Waals surface area (Å²) >= 11 is 0. The SMILES string of the molecule is Cc1ccc(-c2noc([C@H]3C[C@@H]3F)n2)cc1NC(=O)c1cnn2cc(F)ccc12. The van der Waals surface area contributed by atoms with Crippen LogP contribution in [0.4, 0.5) is 14.5 Å². The van der Waals surface area contributed by atoms with Crippen LogP contribution in [0.1, 0.15) is 34.2 Å². The number of carbonyl (C=O) groups excluding carboxylic acids is 1. The number of hydrogen-bond acceptors (Lipinski definition) is 5. The summed E-state index contributed by atoms with van der Waals surface area (Å²) in [5.74, 6) is -0.514. The Hall–Kier alpha value is -3.62. The van der Waals surface area contributed by atoms with E-state index in [1.807, 2.05) is 13.0 Å². The Labute approximate surface area is 163 Å². The highest BCUT2D eigenvalue weighted by molar-refractivity contribution is 6.09. The molecule has 1 aromatic carbocycles. The number of anilines is 1. The lowest BCUT2D eigenvalue weighted by Gasteiger charge is -2.09. The van der Waals surface area contributed by atoms with Crippen molar-refractivity contribution >= 4 is 17.1 Å². The topological polar surface area (TPSA) is 85.3 Å². The normalized spacial score (nSPS) is 18.2. The standard InChI is InChI=1S/C20H15F2N5O2/c1-10-2-3-11(18-25-20(29-26-18)13-7-15(13)22)6-16(10)24-19(28)14-8-23-27-9-12(21)4-5-17(14)27/h2-6,8-9,13,15H,7H2,1H3,(H,24,28)/t13-,15-/m0/s1. The van der Waals surface area contributed by atoms with Crippen molar-refractivity contribution in [2.45, 2.75) is 25.4 Å². The molecule has 0 aliphatic heterocycles. The predicted molar refractivity (Wildman–Crippen MR) is 99.8 cm³/mol. The van der Waals surface area contributed by atoms with Crippen molar-refractivity contribution in [1.82, 2.24) is 19.8 Å². The van der Waals surface area contributed by atoms with Gasteiger partial charge in [-0.05, 0) is 37.1 Å². The van der Waals surface area contributed by atoms with E-state index in [1.165, 1.54) is 29.0 Å². The Morgan fingerprint density at radius 2 is 2.14 bits per heavy atom. The van der Waals surface area contributed by atoms with Gasteiger partial charge in [0.15, 0.2) is 0 Å². The number of fused-ring (bicyclic) bond motifs is 1. The van der Waals surface area contributed by atoms with Crippen molar-refractivity contribution in [1.29, 1.82) is 0 Å².